The minimum atomic E-state index is -0.272. The zero-order valence-electron chi connectivity index (χ0n) is 13.7. The third-order valence-corrected chi connectivity index (χ3v) is 3.65. The lowest BCUT2D eigenvalue weighted by Gasteiger charge is -2.17. The summed E-state index contributed by atoms with van der Waals surface area (Å²) in [5, 5.41) is 9.24. The van der Waals surface area contributed by atoms with Crippen molar-refractivity contribution in [2.45, 2.75) is 20.8 Å². The SMILES string of the molecule is CCN(CC)C(=O)C(C#N)=Cc1ccc(-c2ccc(C)cc2)o1. The second kappa shape index (κ2) is 7.46. The maximum Gasteiger partial charge on any atom is 0.264 e. The molecule has 118 valence electrons. The molecule has 1 amide bonds. The van der Waals surface area contributed by atoms with Gasteiger partial charge in [-0.05, 0) is 32.9 Å². The Morgan fingerprint density at radius 3 is 2.39 bits per heavy atom. The van der Waals surface area contributed by atoms with Crippen LogP contribution in [0.2, 0.25) is 0 Å². The molecule has 1 aromatic carbocycles. The van der Waals surface area contributed by atoms with E-state index in [1.54, 1.807) is 11.0 Å². The maximum absolute atomic E-state index is 12.2. The summed E-state index contributed by atoms with van der Waals surface area (Å²) in [6.07, 6.45) is 1.50. The van der Waals surface area contributed by atoms with E-state index in [0.717, 1.165) is 5.56 Å². The molecular weight excluding hydrogens is 288 g/mol. The molecule has 2 aromatic rings. The fourth-order valence-electron chi connectivity index (χ4n) is 2.27. The summed E-state index contributed by atoms with van der Waals surface area (Å²) in [4.78, 5) is 13.9. The molecule has 0 unspecified atom stereocenters. The van der Waals surface area contributed by atoms with E-state index in [1.807, 2.05) is 57.2 Å². The molecule has 4 nitrogen and oxygen atoms in total. The Labute approximate surface area is 136 Å². The summed E-state index contributed by atoms with van der Waals surface area (Å²) in [6, 6.07) is 13.6. The number of nitriles is 1. The molecule has 0 N–H and O–H groups in total. The van der Waals surface area contributed by atoms with Crippen molar-refractivity contribution in [1.82, 2.24) is 4.90 Å². The first kappa shape index (κ1) is 16.6. The monoisotopic (exact) mass is 308 g/mol. The van der Waals surface area contributed by atoms with E-state index >= 15 is 0 Å². The maximum atomic E-state index is 12.2. The molecule has 0 saturated carbocycles. The van der Waals surface area contributed by atoms with E-state index in [4.69, 9.17) is 4.42 Å². The zero-order chi connectivity index (χ0) is 16.8. The highest BCUT2D eigenvalue weighted by Gasteiger charge is 2.16. The average molecular weight is 308 g/mol. The predicted octanol–water partition coefficient (Wildman–Crippen LogP) is 4.03. The largest absolute Gasteiger partial charge is 0.457 e. The van der Waals surface area contributed by atoms with Gasteiger partial charge in [0.05, 0.1) is 0 Å². The van der Waals surface area contributed by atoms with Gasteiger partial charge in [-0.2, -0.15) is 5.26 Å². The van der Waals surface area contributed by atoms with Crippen LogP contribution in [0.15, 0.2) is 46.4 Å². The summed E-state index contributed by atoms with van der Waals surface area (Å²) >= 11 is 0. The van der Waals surface area contributed by atoms with Crippen LogP contribution in [-0.4, -0.2) is 23.9 Å². The van der Waals surface area contributed by atoms with Crippen molar-refractivity contribution in [3.05, 3.63) is 53.3 Å². The molecular formula is C19H20N2O2. The smallest absolute Gasteiger partial charge is 0.264 e. The first-order chi connectivity index (χ1) is 11.1. The number of carbonyl (C=O) groups excluding carboxylic acids is 1. The highest BCUT2D eigenvalue weighted by Crippen LogP contribution is 2.24. The van der Waals surface area contributed by atoms with Crippen LogP contribution >= 0.6 is 0 Å². The summed E-state index contributed by atoms with van der Waals surface area (Å²) in [5.41, 5.74) is 2.22. The van der Waals surface area contributed by atoms with Crippen LogP contribution in [0, 0.1) is 18.3 Å². The first-order valence-electron chi connectivity index (χ1n) is 7.67. The molecule has 1 heterocycles. The lowest BCUT2D eigenvalue weighted by atomic mass is 10.1. The number of nitrogens with zero attached hydrogens (tertiary/aromatic N) is 2. The van der Waals surface area contributed by atoms with Crippen molar-refractivity contribution in [3.8, 4) is 17.4 Å². The highest BCUT2D eigenvalue weighted by atomic mass is 16.3. The van der Waals surface area contributed by atoms with E-state index in [-0.39, 0.29) is 11.5 Å². The molecule has 1 aromatic heterocycles. The van der Waals surface area contributed by atoms with Gasteiger partial charge in [-0.25, -0.2) is 0 Å². The average Bonchev–Trinajstić information content (AvgIpc) is 3.03. The number of aryl methyl sites for hydroxylation is 1. The van der Waals surface area contributed by atoms with Crippen molar-refractivity contribution < 1.29 is 9.21 Å². The van der Waals surface area contributed by atoms with Crippen LogP contribution < -0.4 is 0 Å². The van der Waals surface area contributed by atoms with Crippen molar-refractivity contribution in [2.75, 3.05) is 13.1 Å². The fraction of sp³-hybridized carbons (Fsp3) is 0.263. The van der Waals surface area contributed by atoms with Gasteiger partial charge in [-0.3, -0.25) is 4.79 Å². The summed E-state index contributed by atoms with van der Waals surface area (Å²) < 4.78 is 5.74. The van der Waals surface area contributed by atoms with Gasteiger partial charge in [-0.1, -0.05) is 29.8 Å². The summed E-state index contributed by atoms with van der Waals surface area (Å²) in [7, 11) is 0. The van der Waals surface area contributed by atoms with Crippen LogP contribution in [-0.2, 0) is 4.79 Å². The van der Waals surface area contributed by atoms with Crippen LogP contribution in [0.3, 0.4) is 0 Å². The van der Waals surface area contributed by atoms with Crippen molar-refractivity contribution in [2.24, 2.45) is 0 Å². The van der Waals surface area contributed by atoms with Crippen molar-refractivity contribution in [1.29, 1.82) is 5.26 Å². The Kier molecular flexibility index (Phi) is 5.37. The van der Waals surface area contributed by atoms with Crippen LogP contribution in [0.25, 0.3) is 17.4 Å². The summed E-state index contributed by atoms with van der Waals surface area (Å²) in [6.45, 7) is 6.94. The van der Waals surface area contributed by atoms with E-state index in [9.17, 15) is 10.1 Å². The van der Waals surface area contributed by atoms with Crippen LogP contribution in [0.1, 0.15) is 25.2 Å². The Bertz CT molecular complexity index is 744. The Hall–Kier alpha value is -2.80. The molecule has 0 radical (unpaired) electrons. The number of likely N-dealkylation sites (N-methyl/N-ethyl adjacent to an activating group) is 1. The lowest BCUT2D eigenvalue weighted by Crippen LogP contribution is -2.31. The van der Waals surface area contributed by atoms with E-state index < -0.39 is 0 Å². The molecule has 0 aliphatic heterocycles. The molecule has 0 aliphatic carbocycles. The Balaban J connectivity index is 2.27. The fourth-order valence-corrected chi connectivity index (χ4v) is 2.27. The summed E-state index contributed by atoms with van der Waals surface area (Å²) in [5.74, 6) is 0.937. The second-order valence-electron chi connectivity index (χ2n) is 5.22. The third-order valence-electron chi connectivity index (χ3n) is 3.65. The van der Waals surface area contributed by atoms with Gasteiger partial charge >= 0.3 is 0 Å². The van der Waals surface area contributed by atoms with E-state index in [1.165, 1.54) is 11.6 Å². The number of amides is 1. The number of benzene rings is 1. The van der Waals surface area contributed by atoms with Gasteiger partial charge in [0, 0.05) is 24.7 Å². The molecule has 0 saturated heterocycles. The van der Waals surface area contributed by atoms with E-state index in [2.05, 4.69) is 0 Å². The van der Waals surface area contributed by atoms with Crippen molar-refractivity contribution >= 4 is 12.0 Å². The van der Waals surface area contributed by atoms with Crippen LogP contribution in [0.4, 0.5) is 0 Å². The van der Waals surface area contributed by atoms with Crippen molar-refractivity contribution in [3.63, 3.8) is 0 Å². The molecule has 0 spiro atoms. The standard InChI is InChI=1S/C19H20N2O2/c1-4-21(5-2)19(22)16(13-20)12-17-10-11-18(23-17)15-8-6-14(3)7-9-15/h6-12H,4-5H2,1-3H3. The Morgan fingerprint density at radius 1 is 1.17 bits per heavy atom. The minimum absolute atomic E-state index is 0.0820. The van der Waals surface area contributed by atoms with Crippen LogP contribution in [0.5, 0.6) is 0 Å². The van der Waals surface area contributed by atoms with Gasteiger partial charge in [0.1, 0.15) is 23.2 Å². The van der Waals surface area contributed by atoms with Gasteiger partial charge < -0.3 is 9.32 Å². The molecule has 4 heteroatoms. The quantitative estimate of drug-likeness (QED) is 0.619. The zero-order valence-corrected chi connectivity index (χ0v) is 13.7. The third kappa shape index (κ3) is 3.89. The highest BCUT2D eigenvalue weighted by molar-refractivity contribution is 6.01. The molecule has 23 heavy (non-hydrogen) atoms. The first-order valence-corrected chi connectivity index (χ1v) is 7.67. The molecule has 2 rings (SSSR count). The molecule has 0 atom stereocenters. The number of rotatable bonds is 5. The molecule has 0 bridgehead atoms. The van der Waals surface area contributed by atoms with Gasteiger partial charge in [0.2, 0.25) is 0 Å². The molecule has 0 aliphatic rings. The van der Waals surface area contributed by atoms with Gasteiger partial charge in [-0.15, -0.1) is 0 Å². The predicted molar refractivity (Wildman–Crippen MR) is 90.4 cm³/mol. The number of carbonyl (C=O) groups is 1. The second-order valence-corrected chi connectivity index (χ2v) is 5.22. The van der Waals surface area contributed by atoms with E-state index in [0.29, 0.717) is 24.6 Å². The molecule has 0 fully saturated rings. The minimum Gasteiger partial charge on any atom is -0.457 e. The normalized spacial score (nSPS) is 11.1. The van der Waals surface area contributed by atoms with Gasteiger partial charge in [0.25, 0.3) is 5.91 Å². The number of furan rings is 1. The van der Waals surface area contributed by atoms with Gasteiger partial charge in [0.15, 0.2) is 0 Å². The Morgan fingerprint density at radius 2 is 1.83 bits per heavy atom. The lowest BCUT2D eigenvalue weighted by molar-refractivity contribution is -0.126. The number of hydrogen-bond donors (Lipinski definition) is 0. The number of hydrogen-bond acceptors (Lipinski definition) is 3. The topological polar surface area (TPSA) is 57.2 Å².